The minimum absolute atomic E-state index is 0.289. The number of hydrogen-bond acceptors (Lipinski definition) is 6. The average Bonchev–Trinajstić information content (AvgIpc) is 2.70. The Balaban J connectivity index is 1.79. The van der Waals surface area contributed by atoms with Crippen LogP contribution in [0, 0.1) is 0 Å². The van der Waals surface area contributed by atoms with E-state index in [9.17, 15) is 9.59 Å². The van der Waals surface area contributed by atoms with Crippen molar-refractivity contribution in [2.24, 2.45) is 0 Å². The van der Waals surface area contributed by atoms with Crippen LogP contribution in [0.25, 0.3) is 0 Å². The Hall–Kier alpha value is -3.42. The van der Waals surface area contributed by atoms with Crippen molar-refractivity contribution >= 4 is 11.8 Å². The van der Waals surface area contributed by atoms with Gasteiger partial charge in [-0.15, -0.1) is 0 Å². The van der Waals surface area contributed by atoms with Crippen LogP contribution in [0.5, 0.6) is 23.0 Å². The van der Waals surface area contributed by atoms with Gasteiger partial charge in [0.25, 0.3) is 11.8 Å². The van der Waals surface area contributed by atoms with Gasteiger partial charge in [0.15, 0.2) is 35.7 Å². The molecule has 0 heterocycles. The molecule has 0 fully saturated rings. The van der Waals surface area contributed by atoms with Gasteiger partial charge in [0.05, 0.1) is 14.2 Å². The Morgan fingerprint density at radius 3 is 1.96 bits per heavy atom. The van der Waals surface area contributed by atoms with Gasteiger partial charge in [-0.3, -0.25) is 20.4 Å². The van der Waals surface area contributed by atoms with Gasteiger partial charge < -0.3 is 18.9 Å². The van der Waals surface area contributed by atoms with Gasteiger partial charge in [0, 0.05) is 0 Å². The number of ether oxygens (including phenoxy) is 4. The highest BCUT2D eigenvalue weighted by Gasteiger charge is 2.17. The van der Waals surface area contributed by atoms with Crippen LogP contribution in [-0.2, 0) is 9.59 Å². The lowest BCUT2D eigenvalue weighted by Crippen LogP contribution is -2.48. The molecule has 0 spiro atoms. The summed E-state index contributed by atoms with van der Waals surface area (Å²) in [6.07, 6.45) is -0.850. The van der Waals surface area contributed by atoms with Crippen LogP contribution in [0.2, 0.25) is 0 Å². The predicted molar refractivity (Wildman–Crippen MR) is 97.9 cm³/mol. The van der Waals surface area contributed by atoms with E-state index in [0.29, 0.717) is 23.0 Å². The minimum Gasteiger partial charge on any atom is -0.493 e. The summed E-state index contributed by atoms with van der Waals surface area (Å²) in [5.74, 6) is 0.813. The molecule has 0 aliphatic carbocycles. The van der Waals surface area contributed by atoms with E-state index in [1.54, 1.807) is 55.5 Å². The average molecular weight is 374 g/mol. The van der Waals surface area contributed by atoms with Crippen molar-refractivity contribution in [3.63, 3.8) is 0 Å². The lowest BCUT2D eigenvalue weighted by Gasteiger charge is -2.17. The lowest BCUT2D eigenvalue weighted by atomic mass is 10.3. The molecule has 2 rings (SSSR count). The Bertz CT molecular complexity index is 780. The number of rotatable bonds is 8. The topological polar surface area (TPSA) is 95.1 Å². The molecule has 2 amide bonds. The first-order chi connectivity index (χ1) is 13.0. The zero-order chi connectivity index (χ0) is 19.6. The highest BCUT2D eigenvalue weighted by atomic mass is 16.5. The zero-order valence-corrected chi connectivity index (χ0v) is 15.4. The Morgan fingerprint density at radius 1 is 0.852 bits per heavy atom. The van der Waals surface area contributed by atoms with Crippen molar-refractivity contribution in [3.8, 4) is 23.0 Å². The molecule has 0 aliphatic heterocycles. The number of carbonyl (C=O) groups excluding carboxylic acids is 2. The Labute approximate surface area is 157 Å². The number of hydrogen-bond donors (Lipinski definition) is 2. The maximum atomic E-state index is 12.1. The molecule has 0 aromatic heterocycles. The van der Waals surface area contributed by atoms with Crippen molar-refractivity contribution in [2.45, 2.75) is 13.0 Å². The third-order valence-corrected chi connectivity index (χ3v) is 3.50. The molecule has 0 bridgehead atoms. The molecule has 0 saturated heterocycles. The second-order valence-corrected chi connectivity index (χ2v) is 5.39. The normalized spacial score (nSPS) is 11.1. The van der Waals surface area contributed by atoms with E-state index in [1.165, 1.54) is 14.2 Å². The molecule has 2 aromatic carbocycles. The van der Waals surface area contributed by atoms with Gasteiger partial charge in [-0.1, -0.05) is 24.3 Å². The Kier molecular flexibility index (Phi) is 7.30. The summed E-state index contributed by atoms with van der Waals surface area (Å²) in [5.41, 5.74) is 4.56. The number of methoxy groups -OCH3 is 2. The van der Waals surface area contributed by atoms with Crippen molar-refractivity contribution < 1.29 is 28.5 Å². The van der Waals surface area contributed by atoms with Gasteiger partial charge in [-0.05, 0) is 31.2 Å². The van der Waals surface area contributed by atoms with Crippen LogP contribution in [0.1, 0.15) is 6.92 Å². The maximum absolute atomic E-state index is 12.1. The predicted octanol–water partition coefficient (Wildman–Crippen LogP) is 1.70. The highest BCUT2D eigenvalue weighted by Crippen LogP contribution is 2.27. The fourth-order valence-corrected chi connectivity index (χ4v) is 2.11. The van der Waals surface area contributed by atoms with E-state index in [2.05, 4.69) is 10.9 Å². The molecule has 1 atom stereocenters. The van der Waals surface area contributed by atoms with Gasteiger partial charge >= 0.3 is 0 Å². The third kappa shape index (κ3) is 5.81. The number of benzene rings is 2. The second kappa shape index (κ2) is 9.91. The summed E-state index contributed by atoms with van der Waals surface area (Å²) in [7, 11) is 3.01. The molecular formula is C19H22N2O6. The quantitative estimate of drug-likeness (QED) is 0.683. The van der Waals surface area contributed by atoms with E-state index >= 15 is 0 Å². The molecule has 0 saturated carbocycles. The summed E-state index contributed by atoms with van der Waals surface area (Å²) in [6, 6.07) is 13.9. The number of amides is 2. The third-order valence-electron chi connectivity index (χ3n) is 3.50. The first-order valence-electron chi connectivity index (χ1n) is 8.19. The molecule has 0 aliphatic rings. The van der Waals surface area contributed by atoms with E-state index < -0.39 is 17.9 Å². The summed E-state index contributed by atoms with van der Waals surface area (Å²) < 4.78 is 21.2. The van der Waals surface area contributed by atoms with Crippen LogP contribution >= 0.6 is 0 Å². The molecule has 8 nitrogen and oxygen atoms in total. The highest BCUT2D eigenvalue weighted by molar-refractivity contribution is 5.85. The van der Waals surface area contributed by atoms with E-state index in [0.717, 1.165) is 0 Å². The number of hydrazine groups is 1. The maximum Gasteiger partial charge on any atom is 0.279 e. The minimum atomic E-state index is -0.850. The number of carbonyl (C=O) groups is 2. The molecule has 8 heteroatoms. The molecule has 1 unspecified atom stereocenters. The van der Waals surface area contributed by atoms with E-state index in [-0.39, 0.29) is 6.61 Å². The van der Waals surface area contributed by atoms with Crippen molar-refractivity contribution in [1.82, 2.24) is 10.9 Å². The van der Waals surface area contributed by atoms with E-state index in [4.69, 9.17) is 18.9 Å². The molecule has 144 valence electrons. The van der Waals surface area contributed by atoms with Crippen LogP contribution in [0.15, 0.2) is 48.5 Å². The monoisotopic (exact) mass is 374 g/mol. The van der Waals surface area contributed by atoms with Crippen molar-refractivity contribution in [2.75, 3.05) is 20.8 Å². The zero-order valence-electron chi connectivity index (χ0n) is 15.4. The SMILES string of the molecule is COc1ccccc1OCC(=O)NNC(=O)C(C)Oc1ccccc1OC. The first-order valence-corrected chi connectivity index (χ1v) is 8.19. The van der Waals surface area contributed by atoms with Gasteiger partial charge in [-0.2, -0.15) is 0 Å². The van der Waals surface area contributed by atoms with Crippen molar-refractivity contribution in [3.05, 3.63) is 48.5 Å². The van der Waals surface area contributed by atoms with Crippen LogP contribution in [0.3, 0.4) is 0 Å². The van der Waals surface area contributed by atoms with Gasteiger partial charge in [0.2, 0.25) is 0 Å². The first kappa shape index (κ1) is 19.9. The van der Waals surface area contributed by atoms with Crippen LogP contribution in [-0.4, -0.2) is 38.7 Å². The van der Waals surface area contributed by atoms with Crippen molar-refractivity contribution in [1.29, 1.82) is 0 Å². The number of para-hydroxylation sites is 4. The lowest BCUT2D eigenvalue weighted by molar-refractivity contribution is -0.133. The van der Waals surface area contributed by atoms with Gasteiger partial charge in [0.1, 0.15) is 0 Å². The largest absolute Gasteiger partial charge is 0.493 e. The molecule has 2 aromatic rings. The molecule has 2 N–H and O–H groups in total. The van der Waals surface area contributed by atoms with Crippen LogP contribution < -0.4 is 29.8 Å². The smallest absolute Gasteiger partial charge is 0.279 e. The Morgan fingerprint density at radius 2 is 1.37 bits per heavy atom. The molecule has 27 heavy (non-hydrogen) atoms. The molecular weight excluding hydrogens is 352 g/mol. The summed E-state index contributed by atoms with van der Waals surface area (Å²) in [4.78, 5) is 23.9. The van der Waals surface area contributed by atoms with Gasteiger partial charge in [-0.25, -0.2) is 0 Å². The summed E-state index contributed by atoms with van der Waals surface area (Å²) in [6.45, 7) is 1.27. The standard InChI is InChI=1S/C19H22N2O6/c1-13(27-17-11-7-5-9-15(17)25-3)19(23)21-20-18(22)12-26-16-10-6-4-8-14(16)24-2/h4-11,13H,12H2,1-3H3,(H,20,22)(H,21,23). The fraction of sp³-hybridized carbons (Fsp3) is 0.263. The fourth-order valence-electron chi connectivity index (χ4n) is 2.11. The molecule has 0 radical (unpaired) electrons. The van der Waals surface area contributed by atoms with Crippen LogP contribution in [0.4, 0.5) is 0 Å². The summed E-state index contributed by atoms with van der Waals surface area (Å²) >= 11 is 0. The second-order valence-electron chi connectivity index (χ2n) is 5.39. The van der Waals surface area contributed by atoms with E-state index in [1.807, 2.05) is 0 Å². The number of nitrogens with one attached hydrogen (secondary N) is 2. The summed E-state index contributed by atoms with van der Waals surface area (Å²) in [5, 5.41) is 0.